The zero-order valence-corrected chi connectivity index (χ0v) is 12.5. The van der Waals surface area contributed by atoms with Crippen molar-refractivity contribution in [1.29, 1.82) is 0 Å². The molecule has 21 heavy (non-hydrogen) atoms. The minimum Gasteiger partial charge on any atom is -0.490 e. The Morgan fingerprint density at radius 1 is 1.48 bits per heavy atom. The summed E-state index contributed by atoms with van der Waals surface area (Å²) in [6.45, 7) is 2.19. The molecule has 0 fully saturated rings. The third-order valence-electron chi connectivity index (χ3n) is 2.94. The van der Waals surface area contributed by atoms with Gasteiger partial charge in [-0.05, 0) is 13.0 Å². The molecule has 0 radical (unpaired) electrons. The Morgan fingerprint density at radius 2 is 2.24 bits per heavy atom. The van der Waals surface area contributed by atoms with E-state index in [0.29, 0.717) is 6.42 Å². The maximum atomic E-state index is 13.8. The van der Waals surface area contributed by atoms with Gasteiger partial charge in [0.1, 0.15) is 0 Å². The lowest BCUT2D eigenvalue weighted by atomic mass is 10.1. The lowest BCUT2D eigenvalue weighted by molar-refractivity contribution is 0.0601. The summed E-state index contributed by atoms with van der Waals surface area (Å²) in [5, 5.41) is 0. The summed E-state index contributed by atoms with van der Waals surface area (Å²) < 4.78 is 23.8. The Labute approximate surface area is 125 Å². The zero-order valence-electron chi connectivity index (χ0n) is 11.7. The van der Waals surface area contributed by atoms with E-state index in [1.54, 1.807) is 5.51 Å². The number of aromatic nitrogens is 1. The maximum absolute atomic E-state index is 13.8. The molecule has 0 atom stereocenters. The normalized spacial score (nSPS) is 10.4. The van der Waals surface area contributed by atoms with Crippen molar-refractivity contribution < 1.29 is 18.7 Å². The molecule has 2 N–H and O–H groups in total. The molecule has 1 aromatic carbocycles. The average molecular weight is 310 g/mol. The van der Waals surface area contributed by atoms with Crippen LogP contribution in [0.2, 0.25) is 0 Å². The van der Waals surface area contributed by atoms with Crippen molar-refractivity contribution in [2.24, 2.45) is 0 Å². The molecule has 0 aliphatic rings. The van der Waals surface area contributed by atoms with Gasteiger partial charge in [0.05, 0.1) is 30.5 Å². The number of ether oxygens (including phenoxy) is 2. The van der Waals surface area contributed by atoms with Crippen molar-refractivity contribution in [2.75, 3.05) is 19.5 Å². The molecule has 2 rings (SSSR count). The van der Waals surface area contributed by atoms with Crippen molar-refractivity contribution in [3.63, 3.8) is 0 Å². The number of rotatable bonds is 5. The van der Waals surface area contributed by atoms with E-state index in [9.17, 15) is 9.18 Å². The minimum absolute atomic E-state index is 0.0185. The molecule has 0 saturated carbocycles. The summed E-state index contributed by atoms with van der Waals surface area (Å²) in [5.74, 6) is -1.26. The van der Waals surface area contributed by atoms with Crippen LogP contribution in [0, 0.1) is 12.7 Å². The van der Waals surface area contributed by atoms with Gasteiger partial charge in [0.15, 0.2) is 11.6 Å². The Kier molecular flexibility index (Phi) is 4.74. The van der Waals surface area contributed by atoms with Gasteiger partial charge in [0, 0.05) is 23.1 Å². The van der Waals surface area contributed by atoms with Gasteiger partial charge in [-0.15, -0.1) is 11.3 Å². The van der Waals surface area contributed by atoms with Gasteiger partial charge in [-0.1, -0.05) is 0 Å². The smallest absolute Gasteiger partial charge is 0.340 e. The lowest BCUT2D eigenvalue weighted by Crippen LogP contribution is -2.09. The highest BCUT2D eigenvalue weighted by atomic mass is 32.1. The zero-order chi connectivity index (χ0) is 15.4. The molecule has 0 saturated heterocycles. The van der Waals surface area contributed by atoms with Crippen LogP contribution in [-0.4, -0.2) is 24.7 Å². The Bertz CT molecular complexity index is 658. The molecule has 1 heterocycles. The first kappa shape index (κ1) is 15.2. The molecule has 0 spiro atoms. The van der Waals surface area contributed by atoms with E-state index in [0.717, 1.165) is 16.6 Å². The molecule has 0 amide bonds. The van der Waals surface area contributed by atoms with Crippen molar-refractivity contribution in [1.82, 2.24) is 4.98 Å². The van der Waals surface area contributed by atoms with Crippen LogP contribution in [0.1, 0.15) is 20.9 Å². The van der Waals surface area contributed by atoms with Gasteiger partial charge < -0.3 is 15.2 Å². The summed E-state index contributed by atoms with van der Waals surface area (Å²) in [7, 11) is 1.23. The number of nitrogens with zero attached hydrogens (tertiary/aromatic N) is 1. The highest BCUT2D eigenvalue weighted by Gasteiger charge is 2.15. The molecule has 112 valence electrons. The number of thiazole rings is 1. The summed E-state index contributed by atoms with van der Waals surface area (Å²) in [6, 6.07) is 2.32. The summed E-state index contributed by atoms with van der Waals surface area (Å²) in [6.07, 6.45) is 0.619. The van der Waals surface area contributed by atoms with Gasteiger partial charge in [0.2, 0.25) is 0 Å². The van der Waals surface area contributed by atoms with Gasteiger partial charge >= 0.3 is 5.97 Å². The number of anilines is 1. The number of carbonyl (C=O) groups is 1. The van der Waals surface area contributed by atoms with Crippen molar-refractivity contribution in [2.45, 2.75) is 13.3 Å². The molecule has 1 aromatic heterocycles. The molecular weight excluding hydrogens is 295 g/mol. The van der Waals surface area contributed by atoms with Crippen LogP contribution >= 0.6 is 11.3 Å². The molecule has 7 heteroatoms. The number of halogens is 1. The second-order valence-electron chi connectivity index (χ2n) is 4.32. The Hall–Kier alpha value is -2.15. The molecule has 0 unspecified atom stereocenters. The Balaban J connectivity index is 2.09. The third-order valence-corrected chi connectivity index (χ3v) is 3.94. The van der Waals surface area contributed by atoms with E-state index in [2.05, 4.69) is 9.72 Å². The monoisotopic (exact) mass is 310 g/mol. The molecule has 0 aliphatic heterocycles. The largest absolute Gasteiger partial charge is 0.490 e. The van der Waals surface area contributed by atoms with E-state index in [4.69, 9.17) is 10.5 Å². The van der Waals surface area contributed by atoms with Gasteiger partial charge in [0.25, 0.3) is 0 Å². The predicted octanol–water partition coefficient (Wildman–Crippen LogP) is 2.58. The highest BCUT2D eigenvalue weighted by molar-refractivity contribution is 7.09. The summed E-state index contributed by atoms with van der Waals surface area (Å²) >= 11 is 1.52. The van der Waals surface area contributed by atoms with E-state index >= 15 is 0 Å². The number of hydrogen-bond acceptors (Lipinski definition) is 6. The quantitative estimate of drug-likeness (QED) is 0.678. The Morgan fingerprint density at radius 3 is 2.86 bits per heavy atom. The number of nitrogen functional groups attached to an aromatic ring is 1. The van der Waals surface area contributed by atoms with Gasteiger partial charge in [-0.2, -0.15) is 0 Å². The first-order chi connectivity index (χ1) is 10.0. The van der Waals surface area contributed by atoms with Crippen molar-refractivity contribution in [3.8, 4) is 5.75 Å². The molecule has 2 aromatic rings. The summed E-state index contributed by atoms with van der Waals surface area (Å²) in [4.78, 5) is 16.7. The lowest BCUT2D eigenvalue weighted by Gasteiger charge is -2.10. The van der Waals surface area contributed by atoms with Crippen LogP contribution in [0.3, 0.4) is 0 Å². The molecular formula is C14H15FN2O3S. The third kappa shape index (κ3) is 3.49. The fourth-order valence-corrected chi connectivity index (χ4v) is 2.55. The topological polar surface area (TPSA) is 74.4 Å². The second kappa shape index (κ2) is 6.53. The second-order valence-corrected chi connectivity index (χ2v) is 5.26. The average Bonchev–Trinajstić information content (AvgIpc) is 2.86. The van der Waals surface area contributed by atoms with Crippen LogP contribution in [0.15, 0.2) is 17.6 Å². The predicted molar refractivity (Wildman–Crippen MR) is 78.2 cm³/mol. The number of aryl methyl sites for hydroxylation is 1. The SMILES string of the molecule is COC(=O)c1cc(OCCc2scnc2C)c(F)cc1N. The minimum atomic E-state index is -0.629. The number of nitrogens with two attached hydrogens (primary N) is 1. The van der Waals surface area contributed by atoms with Gasteiger partial charge in [-0.25, -0.2) is 14.2 Å². The molecule has 0 bridgehead atoms. The van der Waals surface area contributed by atoms with Crippen molar-refractivity contribution >= 4 is 23.0 Å². The van der Waals surface area contributed by atoms with Crippen LogP contribution in [0.4, 0.5) is 10.1 Å². The molecule has 0 aliphatic carbocycles. The van der Waals surface area contributed by atoms with Crippen LogP contribution in [0.5, 0.6) is 5.75 Å². The van der Waals surface area contributed by atoms with Gasteiger partial charge in [-0.3, -0.25) is 0 Å². The highest BCUT2D eigenvalue weighted by Crippen LogP contribution is 2.25. The fraction of sp³-hybridized carbons (Fsp3) is 0.286. The van der Waals surface area contributed by atoms with E-state index in [1.807, 2.05) is 6.92 Å². The number of methoxy groups -OCH3 is 1. The first-order valence-corrected chi connectivity index (χ1v) is 7.10. The van der Waals surface area contributed by atoms with Crippen LogP contribution in [0.25, 0.3) is 0 Å². The standard InChI is InChI=1S/C14H15FN2O3S/c1-8-13(21-7-17-8)3-4-20-12-5-9(14(18)19-2)11(16)6-10(12)15/h5-7H,3-4,16H2,1-2H3. The summed E-state index contributed by atoms with van der Waals surface area (Å²) in [5.41, 5.74) is 8.39. The van der Waals surface area contributed by atoms with Crippen LogP contribution < -0.4 is 10.5 Å². The number of carbonyl (C=O) groups excluding carboxylic acids is 1. The molecule has 5 nitrogen and oxygen atoms in total. The van der Waals surface area contributed by atoms with E-state index in [1.165, 1.54) is 24.5 Å². The van der Waals surface area contributed by atoms with Crippen LogP contribution in [-0.2, 0) is 11.2 Å². The maximum Gasteiger partial charge on any atom is 0.340 e. The van der Waals surface area contributed by atoms with E-state index < -0.39 is 11.8 Å². The number of benzene rings is 1. The number of esters is 1. The van der Waals surface area contributed by atoms with E-state index in [-0.39, 0.29) is 23.6 Å². The fourth-order valence-electron chi connectivity index (χ4n) is 1.79. The first-order valence-electron chi connectivity index (χ1n) is 6.22. The van der Waals surface area contributed by atoms with Crippen molar-refractivity contribution in [3.05, 3.63) is 39.6 Å². The number of hydrogen-bond donors (Lipinski definition) is 1.